The van der Waals surface area contributed by atoms with Crippen molar-refractivity contribution in [2.45, 2.75) is 136 Å². The second-order valence-electron chi connectivity index (χ2n) is 15.2. The zero-order valence-corrected chi connectivity index (χ0v) is 30.3. The molecule has 0 amide bonds. The maximum atomic E-state index is 13.7. The average molecular weight is 696 g/mol. The summed E-state index contributed by atoms with van der Waals surface area (Å²) in [6.07, 6.45) is 9.20. The number of aliphatic hydroxyl groups excluding tert-OH is 1. The number of aromatic nitrogens is 1. The van der Waals surface area contributed by atoms with Gasteiger partial charge in [0.15, 0.2) is 0 Å². The SMILES string of the molecule is CCCCCCCCCC(=O)O[C@H]1C[C@H]2[C@](C)(COC(C)=O)[C@@H](OC(C)=O)CC[C@]2(C)[C@H]2[C@@H](O)c3c(cc(-c4cccnc4)oc3=O)O[C@]12C. The topological polar surface area (TPSA) is 151 Å². The van der Waals surface area contributed by atoms with E-state index in [-0.39, 0.29) is 42.0 Å². The van der Waals surface area contributed by atoms with Crippen LogP contribution < -0.4 is 10.4 Å². The van der Waals surface area contributed by atoms with Gasteiger partial charge in [-0.1, -0.05) is 59.3 Å². The van der Waals surface area contributed by atoms with Crippen molar-refractivity contribution in [1.82, 2.24) is 4.98 Å². The average Bonchev–Trinajstić information content (AvgIpc) is 3.05. The highest BCUT2D eigenvalue weighted by atomic mass is 16.6. The summed E-state index contributed by atoms with van der Waals surface area (Å²) < 4.78 is 30.4. The van der Waals surface area contributed by atoms with Crippen LogP contribution in [0.4, 0.5) is 0 Å². The van der Waals surface area contributed by atoms with Gasteiger partial charge in [0, 0.05) is 55.6 Å². The fourth-order valence-electron chi connectivity index (χ4n) is 9.28. The van der Waals surface area contributed by atoms with E-state index in [1.807, 2.05) is 20.8 Å². The highest BCUT2D eigenvalue weighted by Crippen LogP contribution is 2.67. The van der Waals surface area contributed by atoms with Gasteiger partial charge in [0.1, 0.15) is 41.5 Å². The molecule has 0 spiro atoms. The Morgan fingerprint density at radius 1 is 1.00 bits per heavy atom. The Morgan fingerprint density at radius 2 is 1.72 bits per heavy atom. The monoisotopic (exact) mass is 695 g/mol. The van der Waals surface area contributed by atoms with Crippen molar-refractivity contribution in [2.24, 2.45) is 22.7 Å². The Morgan fingerprint density at radius 3 is 2.38 bits per heavy atom. The molecule has 0 radical (unpaired) electrons. The van der Waals surface area contributed by atoms with Crippen LogP contribution >= 0.6 is 0 Å². The zero-order chi connectivity index (χ0) is 36.3. The summed E-state index contributed by atoms with van der Waals surface area (Å²) in [7, 11) is 0. The molecule has 2 fully saturated rings. The van der Waals surface area contributed by atoms with E-state index in [9.17, 15) is 24.3 Å². The minimum Gasteiger partial charge on any atom is -0.482 e. The quantitative estimate of drug-likeness (QED) is 0.133. The minimum absolute atomic E-state index is 0.000983. The molecular formula is C39H53NO10. The summed E-state index contributed by atoms with van der Waals surface area (Å²) in [6.45, 7) is 10.6. The number of esters is 3. The van der Waals surface area contributed by atoms with Gasteiger partial charge in [0.05, 0.1) is 6.10 Å². The molecule has 8 atom stereocenters. The van der Waals surface area contributed by atoms with Gasteiger partial charge in [-0.3, -0.25) is 19.4 Å². The predicted octanol–water partition coefficient (Wildman–Crippen LogP) is 6.88. The number of nitrogens with zero attached hydrogens (tertiary/aromatic N) is 1. The lowest BCUT2D eigenvalue weighted by Gasteiger charge is -2.66. The molecule has 1 N–H and O–H groups in total. The Kier molecular flexibility index (Phi) is 11.4. The molecule has 2 aliphatic carbocycles. The number of carbonyl (C=O) groups excluding carboxylic acids is 3. The summed E-state index contributed by atoms with van der Waals surface area (Å²) in [4.78, 5) is 55.8. The number of fused-ring (bicyclic) bond motifs is 4. The number of rotatable bonds is 13. The van der Waals surface area contributed by atoms with Gasteiger partial charge in [-0.15, -0.1) is 0 Å². The molecule has 0 unspecified atom stereocenters. The summed E-state index contributed by atoms with van der Waals surface area (Å²) in [6, 6.07) is 5.07. The summed E-state index contributed by atoms with van der Waals surface area (Å²) >= 11 is 0. The van der Waals surface area contributed by atoms with Crippen molar-refractivity contribution in [2.75, 3.05) is 6.61 Å². The number of unbranched alkanes of at least 4 members (excludes halogenated alkanes) is 6. The number of pyridine rings is 1. The van der Waals surface area contributed by atoms with Gasteiger partial charge < -0.3 is 28.5 Å². The van der Waals surface area contributed by atoms with E-state index in [1.54, 1.807) is 30.6 Å². The molecule has 3 heterocycles. The summed E-state index contributed by atoms with van der Waals surface area (Å²) in [5, 5.41) is 12.3. The second kappa shape index (κ2) is 15.3. The first-order valence-electron chi connectivity index (χ1n) is 18.2. The van der Waals surface area contributed by atoms with Gasteiger partial charge in [-0.2, -0.15) is 0 Å². The first-order chi connectivity index (χ1) is 23.7. The van der Waals surface area contributed by atoms with E-state index in [0.717, 1.165) is 19.3 Å². The number of hydrogen-bond acceptors (Lipinski definition) is 11. The molecule has 0 bridgehead atoms. The van der Waals surface area contributed by atoms with E-state index in [4.69, 9.17) is 23.4 Å². The van der Waals surface area contributed by atoms with Crippen LogP contribution in [0.1, 0.15) is 124 Å². The fourth-order valence-corrected chi connectivity index (χ4v) is 9.28. The van der Waals surface area contributed by atoms with E-state index < -0.39 is 58.2 Å². The molecule has 11 nitrogen and oxygen atoms in total. The summed E-state index contributed by atoms with van der Waals surface area (Å²) in [5.74, 6) is -2.03. The van der Waals surface area contributed by atoms with Crippen molar-refractivity contribution in [3.05, 3.63) is 46.6 Å². The molecule has 3 aliphatic rings. The van der Waals surface area contributed by atoms with E-state index >= 15 is 0 Å². The molecule has 1 aliphatic heterocycles. The van der Waals surface area contributed by atoms with Gasteiger partial charge in [-0.25, -0.2) is 4.79 Å². The molecule has 11 heteroatoms. The summed E-state index contributed by atoms with van der Waals surface area (Å²) in [5.41, 5.74) is -3.08. The highest BCUT2D eigenvalue weighted by molar-refractivity contribution is 5.70. The second-order valence-corrected chi connectivity index (χ2v) is 15.2. The normalized spacial score (nSPS) is 31.3. The third kappa shape index (κ3) is 7.34. The van der Waals surface area contributed by atoms with Crippen molar-refractivity contribution in [1.29, 1.82) is 0 Å². The smallest absolute Gasteiger partial charge is 0.345 e. The Balaban J connectivity index is 1.54. The zero-order valence-electron chi connectivity index (χ0n) is 30.3. The van der Waals surface area contributed by atoms with Gasteiger partial charge in [0.25, 0.3) is 0 Å². The molecule has 274 valence electrons. The maximum Gasteiger partial charge on any atom is 0.345 e. The Hall–Kier alpha value is -3.73. The van der Waals surface area contributed by atoms with Gasteiger partial charge >= 0.3 is 23.5 Å². The molecule has 0 aromatic carbocycles. The third-order valence-electron chi connectivity index (χ3n) is 11.7. The third-order valence-corrected chi connectivity index (χ3v) is 11.7. The lowest BCUT2D eigenvalue weighted by Crippen LogP contribution is -2.71. The van der Waals surface area contributed by atoms with Crippen LogP contribution in [-0.4, -0.2) is 52.4 Å². The molecule has 2 aromatic heterocycles. The first kappa shape index (κ1) is 37.5. The van der Waals surface area contributed by atoms with E-state index in [0.29, 0.717) is 31.2 Å². The van der Waals surface area contributed by atoms with Gasteiger partial charge in [-0.05, 0) is 56.1 Å². The lowest BCUT2D eigenvalue weighted by molar-refractivity contribution is -0.271. The molecule has 0 saturated heterocycles. The maximum absolute atomic E-state index is 13.7. The van der Waals surface area contributed by atoms with Crippen LogP contribution in [0.15, 0.2) is 39.8 Å². The van der Waals surface area contributed by atoms with E-state index in [2.05, 4.69) is 11.9 Å². The Bertz CT molecular complexity index is 1590. The number of hydrogen-bond donors (Lipinski definition) is 1. The number of carbonyl (C=O) groups is 3. The van der Waals surface area contributed by atoms with Gasteiger partial charge in [0.2, 0.25) is 0 Å². The molecule has 5 rings (SSSR count). The van der Waals surface area contributed by atoms with Crippen molar-refractivity contribution in [3.8, 4) is 17.1 Å². The van der Waals surface area contributed by atoms with Crippen LogP contribution in [-0.2, 0) is 28.6 Å². The first-order valence-corrected chi connectivity index (χ1v) is 18.2. The van der Waals surface area contributed by atoms with Crippen molar-refractivity contribution in [3.63, 3.8) is 0 Å². The van der Waals surface area contributed by atoms with E-state index in [1.165, 1.54) is 33.1 Å². The lowest BCUT2D eigenvalue weighted by atomic mass is 9.42. The molecule has 2 saturated carbocycles. The molecular weight excluding hydrogens is 642 g/mol. The minimum atomic E-state index is -1.34. The molecule has 2 aromatic rings. The molecule has 50 heavy (non-hydrogen) atoms. The Labute approximate surface area is 294 Å². The van der Waals surface area contributed by atoms with Crippen LogP contribution in [0.25, 0.3) is 11.3 Å². The number of aliphatic hydroxyl groups is 1. The van der Waals surface area contributed by atoms with Crippen LogP contribution in [0.3, 0.4) is 0 Å². The van der Waals surface area contributed by atoms with Crippen LogP contribution in [0.2, 0.25) is 0 Å². The highest BCUT2D eigenvalue weighted by Gasteiger charge is 2.71. The fraction of sp³-hybridized carbons (Fsp3) is 0.667. The predicted molar refractivity (Wildman–Crippen MR) is 184 cm³/mol. The van der Waals surface area contributed by atoms with Crippen LogP contribution in [0, 0.1) is 22.7 Å². The van der Waals surface area contributed by atoms with Crippen molar-refractivity contribution >= 4 is 17.9 Å². The van der Waals surface area contributed by atoms with Crippen LogP contribution in [0.5, 0.6) is 5.75 Å². The standard InChI is InChI=1S/C39H53NO10/c1-7-8-9-10-11-12-13-16-32(43)49-31-21-29-37(4,18-17-30(47-25(3)42)38(29,5)23-46-24(2)41)35-34(44)33-28(50-39(31,35)6)20-27(48-36(33)45)26-15-14-19-40-22-26/h14-15,19-20,22,29-31,34-35,44H,7-13,16-18,21,23H2,1-6H3/t29-,30+,31+,34+,35-,37+,38+,39-/m1/s1. The number of ether oxygens (including phenoxy) is 4. The largest absolute Gasteiger partial charge is 0.482 e. The van der Waals surface area contributed by atoms with Crippen molar-refractivity contribution < 1.29 is 42.9 Å².